The van der Waals surface area contributed by atoms with Gasteiger partial charge in [0, 0.05) is 43.9 Å². The lowest BCUT2D eigenvalue weighted by molar-refractivity contribution is 0.0631. The molecule has 2 heterocycles. The van der Waals surface area contributed by atoms with Gasteiger partial charge in [0.2, 0.25) is 0 Å². The van der Waals surface area contributed by atoms with Crippen molar-refractivity contribution in [2.24, 2.45) is 0 Å². The van der Waals surface area contributed by atoms with Crippen LogP contribution in [0.2, 0.25) is 0 Å². The minimum Gasteiger partial charge on any atom is -0.488 e. The number of para-hydroxylation sites is 1. The number of benzene rings is 2. The van der Waals surface area contributed by atoms with Crippen LogP contribution in [0.1, 0.15) is 31.9 Å². The van der Waals surface area contributed by atoms with E-state index in [9.17, 15) is 9.18 Å². The first-order chi connectivity index (χ1) is 15.0. The van der Waals surface area contributed by atoms with E-state index in [4.69, 9.17) is 4.74 Å². The summed E-state index contributed by atoms with van der Waals surface area (Å²) in [6, 6.07) is 14.9. The van der Waals surface area contributed by atoms with Crippen LogP contribution in [0.5, 0.6) is 5.75 Å². The Balaban J connectivity index is 1.30. The zero-order chi connectivity index (χ0) is 21.8. The normalized spacial score (nSPS) is 14.6. The predicted molar refractivity (Wildman–Crippen MR) is 122 cm³/mol. The number of rotatable bonds is 6. The number of thiophene rings is 1. The van der Waals surface area contributed by atoms with E-state index in [1.807, 2.05) is 60.5 Å². The molecule has 162 valence electrons. The van der Waals surface area contributed by atoms with E-state index in [2.05, 4.69) is 4.90 Å². The number of amides is 1. The number of hydrogen-bond acceptors (Lipinski definition) is 4. The van der Waals surface area contributed by atoms with Gasteiger partial charge in [0.05, 0.1) is 4.88 Å². The van der Waals surface area contributed by atoms with Gasteiger partial charge in [-0.15, -0.1) is 11.3 Å². The van der Waals surface area contributed by atoms with Crippen LogP contribution >= 0.6 is 11.3 Å². The molecule has 0 N–H and O–H groups in total. The molecule has 2 aromatic carbocycles. The molecule has 1 aliphatic rings. The monoisotopic (exact) mass is 438 g/mol. The van der Waals surface area contributed by atoms with Gasteiger partial charge < -0.3 is 9.64 Å². The topological polar surface area (TPSA) is 32.8 Å². The third-order valence-corrected chi connectivity index (χ3v) is 6.63. The van der Waals surface area contributed by atoms with E-state index in [0.717, 1.165) is 40.4 Å². The Bertz CT molecular complexity index is 1040. The van der Waals surface area contributed by atoms with Gasteiger partial charge in [-0.1, -0.05) is 36.4 Å². The van der Waals surface area contributed by atoms with Gasteiger partial charge in [0.15, 0.2) is 0 Å². The molecule has 1 aromatic heterocycles. The molecule has 6 heteroatoms. The molecular weight excluding hydrogens is 411 g/mol. The second-order valence-corrected chi connectivity index (χ2v) is 8.90. The van der Waals surface area contributed by atoms with Gasteiger partial charge in [-0.25, -0.2) is 4.39 Å². The van der Waals surface area contributed by atoms with Crippen LogP contribution in [0, 0.1) is 19.7 Å². The Morgan fingerprint density at radius 2 is 1.74 bits per heavy atom. The van der Waals surface area contributed by atoms with Crippen molar-refractivity contribution < 1.29 is 13.9 Å². The molecule has 0 spiro atoms. The average molecular weight is 439 g/mol. The summed E-state index contributed by atoms with van der Waals surface area (Å²) in [4.78, 5) is 17.8. The fourth-order valence-corrected chi connectivity index (χ4v) is 4.74. The molecule has 0 unspecified atom stereocenters. The molecule has 3 aromatic rings. The summed E-state index contributed by atoms with van der Waals surface area (Å²) >= 11 is 1.47. The predicted octanol–water partition coefficient (Wildman–Crippen LogP) is 5.04. The lowest BCUT2D eigenvalue weighted by atomic mass is 10.1. The van der Waals surface area contributed by atoms with Gasteiger partial charge in [-0.3, -0.25) is 9.69 Å². The summed E-state index contributed by atoms with van der Waals surface area (Å²) < 4.78 is 19.9. The molecule has 4 rings (SSSR count). The van der Waals surface area contributed by atoms with Crippen molar-refractivity contribution in [2.45, 2.75) is 27.0 Å². The Morgan fingerprint density at radius 1 is 1.03 bits per heavy atom. The highest BCUT2D eigenvalue weighted by atomic mass is 32.1. The van der Waals surface area contributed by atoms with Crippen LogP contribution in [-0.4, -0.2) is 41.9 Å². The van der Waals surface area contributed by atoms with Gasteiger partial charge in [-0.2, -0.15) is 0 Å². The van der Waals surface area contributed by atoms with Crippen LogP contribution in [-0.2, 0) is 13.2 Å². The van der Waals surface area contributed by atoms with Crippen LogP contribution < -0.4 is 4.74 Å². The summed E-state index contributed by atoms with van der Waals surface area (Å²) in [6.07, 6.45) is 0. The number of piperazine rings is 1. The Hall–Kier alpha value is -2.70. The van der Waals surface area contributed by atoms with E-state index in [1.54, 1.807) is 6.07 Å². The van der Waals surface area contributed by atoms with Crippen LogP contribution in [0.4, 0.5) is 4.39 Å². The summed E-state index contributed by atoms with van der Waals surface area (Å²) in [5.41, 5.74) is 3.93. The standard InChI is InChI=1S/C25H27FN2O2S/c1-18-6-5-7-19(2)24(18)30-16-20-14-23(31-17-20)25(29)28-12-10-27(11-13-28)15-21-8-3-4-9-22(21)26/h3-9,14,17H,10-13,15-16H2,1-2H3. The van der Waals surface area contributed by atoms with E-state index >= 15 is 0 Å². The summed E-state index contributed by atoms with van der Waals surface area (Å²) in [6.45, 7) is 7.90. The zero-order valence-electron chi connectivity index (χ0n) is 17.9. The Morgan fingerprint density at radius 3 is 2.45 bits per heavy atom. The quantitative estimate of drug-likeness (QED) is 0.541. The summed E-state index contributed by atoms with van der Waals surface area (Å²) in [7, 11) is 0. The van der Waals surface area contributed by atoms with Gasteiger partial charge in [-0.05, 0) is 42.5 Å². The molecule has 31 heavy (non-hydrogen) atoms. The van der Waals surface area contributed by atoms with Crippen LogP contribution in [0.25, 0.3) is 0 Å². The highest BCUT2D eigenvalue weighted by molar-refractivity contribution is 7.12. The molecule has 0 radical (unpaired) electrons. The molecule has 0 aliphatic carbocycles. The first kappa shape index (κ1) is 21.5. The Labute approximate surface area is 186 Å². The van der Waals surface area contributed by atoms with E-state index in [0.29, 0.717) is 31.8 Å². The molecule has 1 saturated heterocycles. The highest BCUT2D eigenvalue weighted by Gasteiger charge is 2.23. The van der Waals surface area contributed by atoms with Crippen LogP contribution in [0.3, 0.4) is 0 Å². The second kappa shape index (κ2) is 9.62. The molecule has 1 amide bonds. The largest absolute Gasteiger partial charge is 0.488 e. The number of halogens is 1. The van der Waals surface area contributed by atoms with Gasteiger partial charge in [0.1, 0.15) is 18.2 Å². The van der Waals surface area contributed by atoms with E-state index in [-0.39, 0.29) is 11.7 Å². The van der Waals surface area contributed by atoms with Crippen molar-refractivity contribution in [3.05, 3.63) is 86.9 Å². The van der Waals surface area contributed by atoms with Crippen molar-refractivity contribution in [2.75, 3.05) is 26.2 Å². The maximum absolute atomic E-state index is 13.9. The van der Waals surface area contributed by atoms with Crippen molar-refractivity contribution >= 4 is 17.2 Å². The minimum absolute atomic E-state index is 0.0638. The number of carbonyl (C=O) groups is 1. The summed E-state index contributed by atoms with van der Waals surface area (Å²) in [5.74, 6) is 0.802. The molecule has 4 nitrogen and oxygen atoms in total. The highest BCUT2D eigenvalue weighted by Crippen LogP contribution is 2.25. The third-order valence-electron chi connectivity index (χ3n) is 5.67. The lowest BCUT2D eigenvalue weighted by Gasteiger charge is -2.34. The number of ether oxygens (including phenoxy) is 1. The molecule has 1 aliphatic heterocycles. The average Bonchev–Trinajstić information content (AvgIpc) is 3.24. The zero-order valence-corrected chi connectivity index (χ0v) is 18.8. The molecule has 0 atom stereocenters. The van der Waals surface area contributed by atoms with Crippen molar-refractivity contribution in [3.63, 3.8) is 0 Å². The van der Waals surface area contributed by atoms with E-state index < -0.39 is 0 Å². The Kier molecular flexibility index (Phi) is 6.68. The number of carbonyl (C=O) groups excluding carboxylic acids is 1. The molecule has 0 saturated carbocycles. The SMILES string of the molecule is Cc1cccc(C)c1OCc1csc(C(=O)N2CCN(Cc3ccccc3F)CC2)c1. The summed E-state index contributed by atoms with van der Waals surface area (Å²) in [5, 5.41) is 2.00. The fraction of sp³-hybridized carbons (Fsp3) is 0.320. The minimum atomic E-state index is -0.171. The second-order valence-electron chi connectivity index (χ2n) is 7.99. The molecular formula is C25H27FN2O2S. The van der Waals surface area contributed by atoms with Crippen molar-refractivity contribution in [1.29, 1.82) is 0 Å². The molecule has 1 fully saturated rings. The fourth-order valence-electron chi connectivity index (χ4n) is 3.88. The van der Waals surface area contributed by atoms with Crippen molar-refractivity contribution in [1.82, 2.24) is 9.80 Å². The lowest BCUT2D eigenvalue weighted by Crippen LogP contribution is -2.48. The smallest absolute Gasteiger partial charge is 0.264 e. The third kappa shape index (κ3) is 5.14. The number of aryl methyl sites for hydroxylation is 2. The maximum Gasteiger partial charge on any atom is 0.264 e. The molecule has 0 bridgehead atoms. The van der Waals surface area contributed by atoms with Crippen LogP contribution in [0.15, 0.2) is 53.9 Å². The first-order valence-corrected chi connectivity index (χ1v) is 11.4. The first-order valence-electron chi connectivity index (χ1n) is 10.5. The number of hydrogen-bond donors (Lipinski definition) is 0. The van der Waals surface area contributed by atoms with Gasteiger partial charge in [0.25, 0.3) is 5.91 Å². The van der Waals surface area contributed by atoms with E-state index in [1.165, 1.54) is 17.4 Å². The maximum atomic E-state index is 13.9. The number of nitrogens with zero attached hydrogens (tertiary/aromatic N) is 2. The van der Waals surface area contributed by atoms with Gasteiger partial charge >= 0.3 is 0 Å². The van der Waals surface area contributed by atoms with Crippen molar-refractivity contribution in [3.8, 4) is 5.75 Å².